The van der Waals surface area contributed by atoms with Gasteiger partial charge < -0.3 is 29.1 Å². The van der Waals surface area contributed by atoms with Gasteiger partial charge in [0.05, 0.1) is 7.82 Å². The van der Waals surface area contributed by atoms with Crippen LogP contribution in [-0.2, 0) is 29.8 Å². The Balaban J connectivity index is -0.0000000383. The molecule has 0 heterocycles. The van der Waals surface area contributed by atoms with E-state index in [2.05, 4.69) is 0 Å². The minimum atomic E-state index is -5.14. The Morgan fingerprint density at radius 2 is 1.45 bits per heavy atom. The van der Waals surface area contributed by atoms with E-state index in [1.54, 1.807) is 0 Å². The van der Waals surface area contributed by atoms with Crippen molar-refractivity contribution in [3.05, 3.63) is 0 Å². The number of carbonyl (C=O) groups is 1. The van der Waals surface area contributed by atoms with E-state index in [1.807, 2.05) is 0 Å². The van der Waals surface area contributed by atoms with E-state index in [1.165, 1.54) is 0 Å². The molecule has 0 aromatic rings. The molecule has 0 saturated heterocycles. The van der Waals surface area contributed by atoms with E-state index in [0.717, 1.165) is 6.92 Å². The van der Waals surface area contributed by atoms with Crippen molar-refractivity contribution in [3.63, 3.8) is 0 Å². The van der Waals surface area contributed by atoms with Gasteiger partial charge in [-0.15, -0.1) is 0 Å². The van der Waals surface area contributed by atoms with E-state index >= 15 is 0 Å². The van der Waals surface area contributed by atoms with Gasteiger partial charge in [0.2, 0.25) is 0 Å². The van der Waals surface area contributed by atoms with Crippen LogP contribution in [0.4, 0.5) is 0 Å². The molecule has 0 amide bonds. The van der Waals surface area contributed by atoms with E-state index in [4.69, 9.17) is 29.1 Å². The van der Waals surface area contributed by atoms with Crippen molar-refractivity contribution < 1.29 is 101 Å². The molecule has 0 aromatic heterocycles. The summed E-state index contributed by atoms with van der Waals surface area (Å²) in [7, 11) is -5.14. The van der Waals surface area contributed by atoms with Gasteiger partial charge in [0.25, 0.3) is 0 Å². The summed E-state index contributed by atoms with van der Waals surface area (Å²) < 4.78 is 8.66. The largest absolute Gasteiger partial charge is 2.00 e. The van der Waals surface area contributed by atoms with E-state index < -0.39 is 13.8 Å². The number of carboxylic acid groups (broad SMARTS) is 1. The van der Waals surface area contributed by atoms with Gasteiger partial charge in [-0.1, -0.05) is 0 Å². The SMILES string of the molecule is CC(=O)[O-].O=P([O-])([O-])O.[K+].[Pd+2]. The van der Waals surface area contributed by atoms with Crippen LogP contribution in [0.15, 0.2) is 0 Å². The summed E-state index contributed by atoms with van der Waals surface area (Å²) in [6, 6.07) is 0. The zero-order valence-corrected chi connectivity index (χ0v) is 11.3. The average molecular weight is 301 g/mol. The smallest absolute Gasteiger partial charge is 0.790 e. The Hall–Kier alpha value is 1.88. The molecular formula is C2H4KO6PPd. The maximum atomic E-state index is 8.89. The van der Waals surface area contributed by atoms with Crippen molar-refractivity contribution >= 4 is 13.8 Å². The topological polar surface area (TPSA) is 124 Å². The zero-order valence-electron chi connectivity index (χ0n) is 5.75. The quantitative estimate of drug-likeness (QED) is 0.350. The van der Waals surface area contributed by atoms with Crippen LogP contribution in [0, 0.1) is 0 Å². The van der Waals surface area contributed by atoms with Crippen molar-refractivity contribution in [1.82, 2.24) is 0 Å². The standard InChI is InChI=1S/C2H4O2.K.H3O4P.Pd/c1-2(3)4;;1-5(2,3)4;/h1H3,(H,3,4);;(H3,1,2,3,4);/q;+1;;+2/p-3. The average Bonchev–Trinajstić information content (AvgIpc) is 1.19. The summed E-state index contributed by atoms with van der Waals surface area (Å²) in [5, 5.41) is 8.89. The maximum Gasteiger partial charge on any atom is 2.00 e. The molecule has 0 unspecified atom stereocenters. The van der Waals surface area contributed by atoms with Crippen LogP contribution in [0.1, 0.15) is 6.92 Å². The van der Waals surface area contributed by atoms with Gasteiger partial charge >= 0.3 is 71.8 Å². The first-order chi connectivity index (χ1) is 3.73. The van der Waals surface area contributed by atoms with Crippen molar-refractivity contribution in [3.8, 4) is 0 Å². The summed E-state index contributed by atoms with van der Waals surface area (Å²) in [6.07, 6.45) is 0. The summed E-state index contributed by atoms with van der Waals surface area (Å²) in [4.78, 5) is 33.2. The molecule has 0 saturated carbocycles. The van der Waals surface area contributed by atoms with Gasteiger partial charge in [0.15, 0.2) is 0 Å². The summed E-state index contributed by atoms with van der Waals surface area (Å²) >= 11 is 0. The third-order valence-electron chi connectivity index (χ3n) is 0. The Bertz CT molecular complexity index is 120. The van der Waals surface area contributed by atoms with Crippen LogP contribution < -0.4 is 66.3 Å². The fraction of sp³-hybridized carbons (Fsp3) is 0.500. The molecule has 0 radical (unpaired) electrons. The molecule has 0 aliphatic rings. The normalized spacial score (nSPS) is 7.64. The van der Waals surface area contributed by atoms with Crippen molar-refractivity contribution in [2.75, 3.05) is 0 Å². The first-order valence-electron chi connectivity index (χ1n) is 1.66. The van der Waals surface area contributed by atoms with E-state index in [-0.39, 0.29) is 71.8 Å². The molecule has 64 valence electrons. The van der Waals surface area contributed by atoms with Gasteiger partial charge in [-0.25, -0.2) is 0 Å². The Morgan fingerprint density at radius 3 is 1.45 bits per heavy atom. The third kappa shape index (κ3) is 328. The molecule has 0 aliphatic carbocycles. The summed E-state index contributed by atoms with van der Waals surface area (Å²) in [5.41, 5.74) is 0. The fourth-order valence-corrected chi connectivity index (χ4v) is 0. The molecule has 0 bridgehead atoms. The minimum absolute atomic E-state index is 0. The van der Waals surface area contributed by atoms with Crippen LogP contribution in [0.5, 0.6) is 0 Å². The molecule has 0 rings (SSSR count). The van der Waals surface area contributed by atoms with Gasteiger partial charge in [-0.3, -0.25) is 0 Å². The number of hydrogen-bond acceptors (Lipinski definition) is 5. The van der Waals surface area contributed by atoms with Crippen LogP contribution in [0.25, 0.3) is 0 Å². The van der Waals surface area contributed by atoms with Gasteiger partial charge in [0.1, 0.15) is 0 Å². The van der Waals surface area contributed by atoms with Crippen molar-refractivity contribution in [1.29, 1.82) is 0 Å². The number of phosphoric acid groups is 1. The van der Waals surface area contributed by atoms with Crippen LogP contribution in [0.2, 0.25) is 0 Å². The van der Waals surface area contributed by atoms with Gasteiger partial charge in [-0.05, 0) is 6.92 Å². The zero-order chi connectivity index (χ0) is 8.08. The second-order valence-corrected chi connectivity index (χ2v) is 1.90. The molecule has 9 heteroatoms. The number of hydrogen-bond donors (Lipinski definition) is 1. The number of rotatable bonds is 0. The Kier molecular flexibility index (Phi) is 24.9. The monoisotopic (exact) mass is 300 g/mol. The first kappa shape index (κ1) is 23.1. The molecular weight excluding hydrogens is 297 g/mol. The minimum Gasteiger partial charge on any atom is -0.790 e. The Morgan fingerprint density at radius 1 is 1.45 bits per heavy atom. The molecule has 0 fully saturated rings. The number of carboxylic acids is 1. The Labute approximate surface area is 120 Å². The number of aliphatic carboxylic acids is 1. The summed E-state index contributed by atoms with van der Waals surface area (Å²) in [6.45, 7) is 0.972. The predicted molar refractivity (Wildman–Crippen MR) is 20.5 cm³/mol. The van der Waals surface area contributed by atoms with Gasteiger partial charge in [0, 0.05) is 5.97 Å². The molecule has 0 atom stereocenters. The second kappa shape index (κ2) is 11.9. The van der Waals surface area contributed by atoms with Crippen molar-refractivity contribution in [2.24, 2.45) is 0 Å². The number of carbonyl (C=O) groups excluding carboxylic acids is 1. The fourth-order valence-electron chi connectivity index (χ4n) is 0. The van der Waals surface area contributed by atoms with Crippen LogP contribution >= 0.6 is 7.82 Å². The van der Waals surface area contributed by atoms with E-state index in [0.29, 0.717) is 0 Å². The maximum absolute atomic E-state index is 8.89. The second-order valence-electron chi connectivity index (χ2n) is 0.960. The molecule has 6 nitrogen and oxygen atoms in total. The molecule has 0 aliphatic heterocycles. The molecule has 11 heavy (non-hydrogen) atoms. The van der Waals surface area contributed by atoms with Gasteiger partial charge in [-0.2, -0.15) is 0 Å². The van der Waals surface area contributed by atoms with Crippen LogP contribution in [-0.4, -0.2) is 10.9 Å². The molecule has 0 spiro atoms. The summed E-state index contributed by atoms with van der Waals surface area (Å²) in [5.74, 6) is -1.08. The molecule has 1 N–H and O–H groups in total. The molecule has 0 aromatic carbocycles. The third-order valence-corrected chi connectivity index (χ3v) is 0. The van der Waals surface area contributed by atoms with Crippen LogP contribution in [0.3, 0.4) is 0 Å². The van der Waals surface area contributed by atoms with E-state index in [9.17, 15) is 0 Å². The predicted octanol–water partition coefficient (Wildman–Crippen LogP) is -6.43. The first-order valence-corrected chi connectivity index (χ1v) is 3.15. The van der Waals surface area contributed by atoms with Crippen molar-refractivity contribution in [2.45, 2.75) is 6.92 Å².